The molecule has 3 rings (SSSR count). The highest BCUT2D eigenvalue weighted by Crippen LogP contribution is 2.31. The summed E-state index contributed by atoms with van der Waals surface area (Å²) in [7, 11) is 1.92. The van der Waals surface area contributed by atoms with Gasteiger partial charge in [0.25, 0.3) is 0 Å². The minimum Gasteiger partial charge on any atom is -0.391 e. The van der Waals surface area contributed by atoms with E-state index in [-0.39, 0.29) is 0 Å². The third-order valence-corrected chi connectivity index (χ3v) is 5.01. The van der Waals surface area contributed by atoms with E-state index in [0.29, 0.717) is 6.61 Å². The zero-order valence-corrected chi connectivity index (χ0v) is 15.6. The van der Waals surface area contributed by atoms with Crippen LogP contribution >= 0.6 is 23.4 Å². The largest absolute Gasteiger partial charge is 0.391 e. The molecular weight excluding hydrogens is 354 g/mol. The Morgan fingerprint density at radius 1 is 1.16 bits per heavy atom. The summed E-state index contributed by atoms with van der Waals surface area (Å²) < 4.78 is 1.85. The van der Waals surface area contributed by atoms with Crippen LogP contribution < -0.4 is 0 Å². The van der Waals surface area contributed by atoms with Gasteiger partial charge < -0.3 is 4.84 Å². The highest BCUT2D eigenvalue weighted by molar-refractivity contribution is 7.99. The molecule has 3 aromatic rings. The lowest BCUT2D eigenvalue weighted by molar-refractivity contribution is 0.132. The van der Waals surface area contributed by atoms with Gasteiger partial charge in [-0.05, 0) is 36.8 Å². The molecule has 1 aromatic heterocycles. The Morgan fingerprint density at radius 2 is 1.88 bits per heavy atom. The van der Waals surface area contributed by atoms with E-state index in [0.717, 1.165) is 31.8 Å². The van der Waals surface area contributed by atoms with Crippen LogP contribution in [0.25, 0.3) is 0 Å². The summed E-state index contributed by atoms with van der Waals surface area (Å²) in [6.45, 7) is 2.40. The summed E-state index contributed by atoms with van der Waals surface area (Å²) in [4.78, 5) is 6.50. The predicted octanol–water partition coefficient (Wildman–Crippen LogP) is 5.08. The maximum atomic E-state index is 5.95. The molecule has 0 saturated carbocycles. The van der Waals surface area contributed by atoms with Gasteiger partial charge in [0, 0.05) is 17.0 Å². The van der Waals surface area contributed by atoms with E-state index < -0.39 is 0 Å². The van der Waals surface area contributed by atoms with E-state index >= 15 is 0 Å². The van der Waals surface area contributed by atoms with Crippen molar-refractivity contribution in [3.05, 3.63) is 76.4 Å². The van der Waals surface area contributed by atoms with Crippen molar-refractivity contribution in [2.24, 2.45) is 12.2 Å². The first-order valence-corrected chi connectivity index (χ1v) is 8.99. The second-order valence-electron chi connectivity index (χ2n) is 5.48. The Kier molecular flexibility index (Phi) is 5.79. The van der Waals surface area contributed by atoms with Gasteiger partial charge in [0.15, 0.2) is 0 Å². The average molecular weight is 372 g/mol. The van der Waals surface area contributed by atoms with Gasteiger partial charge >= 0.3 is 0 Å². The molecule has 0 amide bonds. The van der Waals surface area contributed by atoms with Gasteiger partial charge in [0.1, 0.15) is 11.6 Å². The van der Waals surface area contributed by atoms with Crippen LogP contribution in [0, 0.1) is 6.92 Å². The van der Waals surface area contributed by atoms with Crippen molar-refractivity contribution in [2.75, 3.05) is 0 Å². The topological polar surface area (TPSA) is 39.4 Å². The maximum absolute atomic E-state index is 5.95. The smallest absolute Gasteiger partial charge is 0.142 e. The number of benzene rings is 2. The summed E-state index contributed by atoms with van der Waals surface area (Å²) >= 11 is 7.57. The van der Waals surface area contributed by atoms with E-state index in [2.05, 4.69) is 10.3 Å². The van der Waals surface area contributed by atoms with Crippen LogP contribution in [0.1, 0.15) is 16.8 Å². The Hall–Kier alpha value is -2.24. The quantitative estimate of drug-likeness (QED) is 0.448. The fraction of sp³-hybridized carbons (Fsp3) is 0.158. The van der Waals surface area contributed by atoms with Gasteiger partial charge in [0.2, 0.25) is 0 Å². The van der Waals surface area contributed by atoms with Crippen molar-refractivity contribution in [3.63, 3.8) is 0 Å². The van der Waals surface area contributed by atoms with E-state index in [1.807, 2.05) is 73.3 Å². The minimum absolute atomic E-state index is 0.441. The molecule has 0 unspecified atom stereocenters. The van der Waals surface area contributed by atoms with Gasteiger partial charge in [-0.2, -0.15) is 5.10 Å². The van der Waals surface area contributed by atoms with Crippen molar-refractivity contribution < 1.29 is 4.84 Å². The molecule has 2 aromatic carbocycles. The van der Waals surface area contributed by atoms with Gasteiger partial charge in [-0.25, -0.2) is 0 Å². The number of hydrogen-bond acceptors (Lipinski definition) is 4. The van der Waals surface area contributed by atoms with E-state index in [9.17, 15) is 0 Å². The Bertz CT molecular complexity index is 860. The van der Waals surface area contributed by atoms with Crippen molar-refractivity contribution in [3.8, 4) is 0 Å². The summed E-state index contributed by atoms with van der Waals surface area (Å²) in [5.74, 6) is 0. The number of oxime groups is 1. The number of rotatable bonds is 6. The molecule has 0 aliphatic heterocycles. The predicted molar refractivity (Wildman–Crippen MR) is 102 cm³/mol. The Balaban J connectivity index is 1.72. The monoisotopic (exact) mass is 371 g/mol. The number of aryl methyl sites for hydroxylation is 2. The van der Waals surface area contributed by atoms with Crippen molar-refractivity contribution in [2.45, 2.75) is 23.5 Å². The summed E-state index contributed by atoms with van der Waals surface area (Å²) in [6, 6.07) is 17.7. The Morgan fingerprint density at radius 3 is 2.60 bits per heavy atom. The molecule has 0 aliphatic carbocycles. The molecule has 0 fully saturated rings. The van der Waals surface area contributed by atoms with E-state index in [1.54, 1.807) is 18.0 Å². The van der Waals surface area contributed by atoms with E-state index in [1.165, 1.54) is 0 Å². The molecule has 4 nitrogen and oxygen atoms in total. The minimum atomic E-state index is 0.441. The first kappa shape index (κ1) is 17.6. The van der Waals surface area contributed by atoms with Crippen LogP contribution in [0.4, 0.5) is 0 Å². The fourth-order valence-corrected chi connectivity index (χ4v) is 3.42. The fourth-order valence-electron chi connectivity index (χ4n) is 2.31. The van der Waals surface area contributed by atoms with Gasteiger partial charge in [0.05, 0.1) is 17.5 Å². The molecule has 0 spiro atoms. The third-order valence-electron chi connectivity index (χ3n) is 3.57. The molecule has 0 radical (unpaired) electrons. The van der Waals surface area contributed by atoms with Crippen LogP contribution in [0.2, 0.25) is 5.02 Å². The third kappa shape index (κ3) is 4.65. The van der Waals surface area contributed by atoms with Crippen LogP contribution in [-0.4, -0.2) is 16.0 Å². The van der Waals surface area contributed by atoms with Crippen LogP contribution in [0.15, 0.2) is 69.7 Å². The van der Waals surface area contributed by atoms with Crippen molar-refractivity contribution >= 4 is 29.6 Å². The molecule has 0 saturated heterocycles. The van der Waals surface area contributed by atoms with Crippen LogP contribution in [-0.2, 0) is 18.5 Å². The number of nitrogens with zero attached hydrogens (tertiary/aromatic N) is 3. The van der Waals surface area contributed by atoms with Crippen LogP contribution in [0.3, 0.4) is 0 Å². The number of halogens is 1. The normalized spacial score (nSPS) is 11.2. The standard InChI is InChI=1S/C19H18ClN3OS/c1-14-18(12-21-24-13-15-6-4-3-5-7-15)19(23(2)22-14)25-17-10-8-16(20)9-11-17/h3-12H,13H2,1-2H3. The Labute approximate surface area is 156 Å². The maximum Gasteiger partial charge on any atom is 0.142 e. The molecule has 25 heavy (non-hydrogen) atoms. The highest BCUT2D eigenvalue weighted by atomic mass is 35.5. The van der Waals surface area contributed by atoms with E-state index in [4.69, 9.17) is 16.4 Å². The molecule has 0 bridgehead atoms. The molecule has 1 heterocycles. The molecule has 128 valence electrons. The summed E-state index contributed by atoms with van der Waals surface area (Å²) in [6.07, 6.45) is 1.73. The lowest BCUT2D eigenvalue weighted by atomic mass is 10.2. The van der Waals surface area contributed by atoms with Gasteiger partial charge in [-0.1, -0.05) is 58.9 Å². The SMILES string of the molecule is Cc1nn(C)c(Sc2ccc(Cl)cc2)c1C=NOCc1ccccc1. The lowest BCUT2D eigenvalue weighted by Crippen LogP contribution is -1.94. The molecule has 0 N–H and O–H groups in total. The summed E-state index contributed by atoms with van der Waals surface area (Å²) in [5.41, 5.74) is 2.94. The second kappa shape index (κ2) is 8.23. The summed E-state index contributed by atoms with van der Waals surface area (Å²) in [5, 5.41) is 10.3. The molecule has 0 aliphatic rings. The zero-order chi connectivity index (χ0) is 17.6. The van der Waals surface area contributed by atoms with Crippen molar-refractivity contribution in [1.82, 2.24) is 9.78 Å². The highest BCUT2D eigenvalue weighted by Gasteiger charge is 2.13. The second-order valence-corrected chi connectivity index (χ2v) is 6.98. The molecular formula is C19H18ClN3OS. The van der Waals surface area contributed by atoms with Crippen molar-refractivity contribution in [1.29, 1.82) is 0 Å². The lowest BCUT2D eigenvalue weighted by Gasteiger charge is -2.04. The molecule has 0 atom stereocenters. The zero-order valence-electron chi connectivity index (χ0n) is 14.0. The number of hydrogen-bond donors (Lipinski definition) is 0. The molecule has 6 heteroatoms. The number of aromatic nitrogens is 2. The average Bonchev–Trinajstić information content (AvgIpc) is 2.88. The first-order valence-electron chi connectivity index (χ1n) is 7.80. The van der Waals surface area contributed by atoms with Gasteiger partial charge in [-0.15, -0.1) is 0 Å². The van der Waals surface area contributed by atoms with Gasteiger partial charge in [-0.3, -0.25) is 4.68 Å². The van der Waals surface area contributed by atoms with Crippen LogP contribution in [0.5, 0.6) is 0 Å². The first-order chi connectivity index (χ1) is 12.1.